The number of carbonyl (C=O) groups is 2. The van der Waals surface area contributed by atoms with E-state index in [4.69, 9.17) is 29.2 Å². The molecule has 0 spiro atoms. The SMILES string of the molecule is CN(NC(=O)C1OC1C(=O)NN(C)C(=S)c1ccccc1)C(=S)c1ccccc1. The van der Waals surface area contributed by atoms with Gasteiger partial charge in [-0.3, -0.25) is 30.5 Å². The number of thiocarbonyl (C=S) groups is 2. The highest BCUT2D eigenvalue weighted by Crippen LogP contribution is 2.22. The van der Waals surface area contributed by atoms with Crippen LogP contribution < -0.4 is 10.9 Å². The standard InChI is InChI=1S/C20H20N4O3S2/c1-23(19(28)13-9-5-3-6-10-13)21-17(25)15-16(27-15)18(26)22-24(2)20(29)14-11-7-4-8-12-14/h3-12,15-16H,1-2H3,(H,21,25)(H,22,26). The summed E-state index contributed by atoms with van der Waals surface area (Å²) in [7, 11) is 3.27. The van der Waals surface area contributed by atoms with Gasteiger partial charge in [-0.1, -0.05) is 85.1 Å². The molecule has 1 heterocycles. The number of rotatable bonds is 4. The smallest absolute Gasteiger partial charge is 0.270 e. The number of ether oxygens (including phenoxy) is 1. The van der Waals surface area contributed by atoms with E-state index in [9.17, 15) is 9.59 Å². The van der Waals surface area contributed by atoms with E-state index in [1.807, 2.05) is 60.7 Å². The molecular weight excluding hydrogens is 408 g/mol. The fraction of sp³-hybridized carbons (Fsp3) is 0.200. The third-order valence-electron chi connectivity index (χ3n) is 4.21. The summed E-state index contributed by atoms with van der Waals surface area (Å²) in [5.41, 5.74) is 6.87. The van der Waals surface area contributed by atoms with Gasteiger partial charge in [-0.2, -0.15) is 0 Å². The quantitative estimate of drug-likeness (QED) is 0.433. The lowest BCUT2D eigenvalue weighted by molar-refractivity contribution is -0.127. The van der Waals surface area contributed by atoms with Crippen LogP contribution in [0, 0.1) is 0 Å². The van der Waals surface area contributed by atoms with Gasteiger partial charge in [-0.15, -0.1) is 0 Å². The lowest BCUT2D eigenvalue weighted by Gasteiger charge is -2.21. The maximum atomic E-state index is 12.4. The molecular formula is C20H20N4O3S2. The molecule has 2 N–H and O–H groups in total. The van der Waals surface area contributed by atoms with Crippen molar-refractivity contribution in [3.63, 3.8) is 0 Å². The minimum absolute atomic E-state index is 0.445. The monoisotopic (exact) mass is 428 g/mol. The highest BCUT2D eigenvalue weighted by atomic mass is 32.1. The first-order valence-corrected chi connectivity index (χ1v) is 9.63. The largest absolute Gasteiger partial charge is 0.348 e. The van der Waals surface area contributed by atoms with Crippen molar-refractivity contribution in [2.24, 2.45) is 0 Å². The summed E-state index contributed by atoms with van der Waals surface area (Å²) >= 11 is 10.7. The van der Waals surface area contributed by atoms with Gasteiger partial charge in [0.15, 0.2) is 12.2 Å². The van der Waals surface area contributed by atoms with Gasteiger partial charge in [-0.05, 0) is 0 Å². The van der Waals surface area contributed by atoms with Crippen molar-refractivity contribution in [3.05, 3.63) is 71.8 Å². The molecule has 0 bridgehead atoms. The summed E-state index contributed by atoms with van der Waals surface area (Å²) in [4.78, 5) is 25.6. The second kappa shape index (κ2) is 9.08. The zero-order valence-electron chi connectivity index (χ0n) is 15.9. The number of carbonyl (C=O) groups excluding carboxylic acids is 2. The maximum absolute atomic E-state index is 12.4. The molecule has 2 unspecified atom stereocenters. The molecule has 2 amide bonds. The number of nitrogens with zero attached hydrogens (tertiary/aromatic N) is 2. The van der Waals surface area contributed by atoms with Crippen LogP contribution in [0.2, 0.25) is 0 Å². The molecule has 1 fully saturated rings. The summed E-state index contributed by atoms with van der Waals surface area (Å²) in [6.07, 6.45) is -1.76. The van der Waals surface area contributed by atoms with E-state index in [1.54, 1.807) is 14.1 Å². The average Bonchev–Trinajstić information content (AvgIpc) is 3.55. The summed E-state index contributed by atoms with van der Waals surface area (Å²) < 4.78 is 5.25. The number of hydrazine groups is 2. The highest BCUT2D eigenvalue weighted by molar-refractivity contribution is 7.80. The number of hydrogen-bond acceptors (Lipinski definition) is 5. The lowest BCUT2D eigenvalue weighted by Crippen LogP contribution is -2.48. The van der Waals surface area contributed by atoms with Crippen molar-refractivity contribution < 1.29 is 14.3 Å². The molecule has 0 radical (unpaired) electrons. The Labute approximate surface area is 179 Å². The molecule has 1 aliphatic heterocycles. The van der Waals surface area contributed by atoms with E-state index in [-0.39, 0.29) is 0 Å². The van der Waals surface area contributed by atoms with Gasteiger partial charge in [-0.25, -0.2) is 0 Å². The molecule has 29 heavy (non-hydrogen) atoms. The Morgan fingerprint density at radius 1 is 0.759 bits per heavy atom. The van der Waals surface area contributed by atoms with Crippen LogP contribution in [0.15, 0.2) is 60.7 Å². The van der Waals surface area contributed by atoms with Gasteiger partial charge in [0.1, 0.15) is 9.98 Å². The molecule has 9 heteroatoms. The summed E-state index contributed by atoms with van der Waals surface area (Å²) in [6, 6.07) is 18.6. The zero-order valence-corrected chi connectivity index (χ0v) is 17.5. The zero-order chi connectivity index (χ0) is 21.0. The van der Waals surface area contributed by atoms with Crippen molar-refractivity contribution in [2.45, 2.75) is 12.2 Å². The first-order valence-electron chi connectivity index (χ1n) is 8.81. The minimum Gasteiger partial charge on any atom is -0.348 e. The second-order valence-electron chi connectivity index (χ2n) is 6.39. The van der Waals surface area contributed by atoms with E-state index in [0.29, 0.717) is 9.98 Å². The molecule has 0 aliphatic carbocycles. The van der Waals surface area contributed by atoms with Crippen LogP contribution >= 0.6 is 24.4 Å². The molecule has 0 aromatic heterocycles. The Bertz CT molecular complexity index is 848. The molecule has 0 saturated carbocycles. The van der Waals surface area contributed by atoms with Crippen LogP contribution in [0.4, 0.5) is 0 Å². The van der Waals surface area contributed by atoms with Gasteiger partial charge >= 0.3 is 0 Å². The van der Waals surface area contributed by atoms with Gasteiger partial charge in [0.2, 0.25) is 0 Å². The van der Waals surface area contributed by atoms with Crippen molar-refractivity contribution in [1.82, 2.24) is 20.9 Å². The average molecular weight is 429 g/mol. The summed E-state index contributed by atoms with van der Waals surface area (Å²) in [5.74, 6) is -0.890. The van der Waals surface area contributed by atoms with Crippen molar-refractivity contribution in [3.8, 4) is 0 Å². The molecule has 150 valence electrons. The highest BCUT2D eigenvalue weighted by Gasteiger charge is 2.51. The normalized spacial score (nSPS) is 17.0. The van der Waals surface area contributed by atoms with Crippen LogP contribution in [0.1, 0.15) is 11.1 Å². The number of amides is 2. The Balaban J connectivity index is 1.49. The lowest BCUT2D eigenvalue weighted by atomic mass is 10.2. The molecule has 2 atom stereocenters. The van der Waals surface area contributed by atoms with Crippen molar-refractivity contribution in [1.29, 1.82) is 0 Å². The minimum atomic E-state index is -0.880. The molecule has 3 rings (SSSR count). The van der Waals surface area contributed by atoms with Crippen LogP contribution in [0.3, 0.4) is 0 Å². The molecule has 2 aromatic rings. The maximum Gasteiger partial charge on any atom is 0.270 e. The van der Waals surface area contributed by atoms with E-state index in [2.05, 4.69) is 10.9 Å². The topological polar surface area (TPSA) is 77.2 Å². The van der Waals surface area contributed by atoms with Gasteiger partial charge in [0.25, 0.3) is 11.8 Å². The van der Waals surface area contributed by atoms with E-state index in [1.165, 1.54) is 10.0 Å². The third-order valence-corrected chi connectivity index (χ3v) is 5.23. The first kappa shape index (κ1) is 20.8. The van der Waals surface area contributed by atoms with Crippen molar-refractivity contribution in [2.75, 3.05) is 14.1 Å². The molecule has 2 aromatic carbocycles. The summed E-state index contributed by atoms with van der Waals surface area (Å²) in [5, 5.41) is 2.86. The Morgan fingerprint density at radius 2 is 1.10 bits per heavy atom. The van der Waals surface area contributed by atoms with Gasteiger partial charge in [0, 0.05) is 25.2 Å². The summed E-state index contributed by atoms with van der Waals surface area (Å²) in [6.45, 7) is 0. The van der Waals surface area contributed by atoms with Gasteiger partial charge in [0.05, 0.1) is 0 Å². The number of epoxide rings is 1. The number of nitrogens with one attached hydrogen (secondary N) is 2. The molecule has 7 nitrogen and oxygen atoms in total. The number of benzene rings is 2. The predicted octanol–water partition coefficient (Wildman–Crippen LogP) is 1.43. The Morgan fingerprint density at radius 3 is 1.45 bits per heavy atom. The van der Waals surface area contributed by atoms with Gasteiger partial charge < -0.3 is 4.74 Å². The number of hydrogen-bond donors (Lipinski definition) is 2. The Hall–Kier alpha value is -2.88. The molecule has 1 aliphatic rings. The molecule has 1 saturated heterocycles. The fourth-order valence-corrected chi connectivity index (χ4v) is 2.98. The van der Waals surface area contributed by atoms with Crippen LogP contribution in [0.25, 0.3) is 0 Å². The van der Waals surface area contributed by atoms with E-state index < -0.39 is 24.0 Å². The second-order valence-corrected chi connectivity index (χ2v) is 7.16. The van der Waals surface area contributed by atoms with E-state index >= 15 is 0 Å². The Kier molecular flexibility index (Phi) is 6.53. The van der Waals surface area contributed by atoms with Crippen LogP contribution in [-0.2, 0) is 14.3 Å². The first-order chi connectivity index (χ1) is 13.9. The fourth-order valence-electron chi connectivity index (χ4n) is 2.62. The predicted molar refractivity (Wildman–Crippen MR) is 117 cm³/mol. The van der Waals surface area contributed by atoms with Crippen LogP contribution in [-0.4, -0.2) is 58.1 Å². The van der Waals surface area contributed by atoms with Crippen molar-refractivity contribution >= 4 is 46.2 Å². The van der Waals surface area contributed by atoms with E-state index in [0.717, 1.165) is 11.1 Å². The third kappa shape index (κ3) is 5.14. The van der Waals surface area contributed by atoms with Crippen LogP contribution in [0.5, 0.6) is 0 Å².